The molecule has 0 aromatic heterocycles. The Hall–Kier alpha value is -3.29. The van der Waals surface area contributed by atoms with Gasteiger partial charge in [0.05, 0.1) is 11.0 Å². The lowest BCUT2D eigenvalue weighted by molar-refractivity contribution is -0.384. The van der Waals surface area contributed by atoms with Crippen molar-refractivity contribution in [2.24, 2.45) is 0 Å². The number of amides is 2. The maximum Gasteiger partial charge on any atom is 0.322 e. The molecule has 8 nitrogen and oxygen atoms in total. The molecule has 1 atom stereocenters. The third kappa shape index (κ3) is 3.51. The topological polar surface area (TPSA) is 93.9 Å². The van der Waals surface area contributed by atoms with E-state index in [-0.39, 0.29) is 17.8 Å². The summed E-state index contributed by atoms with van der Waals surface area (Å²) in [5.41, 5.74) is 1.53. The average molecular weight is 369 g/mol. The lowest BCUT2D eigenvalue weighted by Gasteiger charge is -2.27. The van der Waals surface area contributed by atoms with Crippen LogP contribution < -0.4 is 14.8 Å². The standard InChI is InChI=1S/C19H19N3O5/c23-19(20-14-4-6-15(7-5-14)22(24)25)21-9-1-2-16(21)13-3-8-17-18(12-13)27-11-10-26-17/h3-8,12,16H,1-2,9-11H2,(H,20,23). The van der Waals surface area contributed by atoms with Gasteiger partial charge in [-0.05, 0) is 42.7 Å². The minimum atomic E-state index is -0.468. The number of nitro groups is 1. The molecule has 2 aliphatic heterocycles. The maximum absolute atomic E-state index is 12.7. The van der Waals surface area contributed by atoms with Gasteiger partial charge >= 0.3 is 6.03 Å². The van der Waals surface area contributed by atoms with Gasteiger partial charge in [0.15, 0.2) is 11.5 Å². The van der Waals surface area contributed by atoms with Crippen LogP contribution in [0, 0.1) is 10.1 Å². The zero-order valence-electron chi connectivity index (χ0n) is 14.6. The van der Waals surface area contributed by atoms with Crippen molar-refractivity contribution in [1.29, 1.82) is 0 Å². The number of rotatable bonds is 3. The molecule has 1 fully saturated rings. The van der Waals surface area contributed by atoms with Gasteiger partial charge in [0.2, 0.25) is 0 Å². The number of hydrogen-bond donors (Lipinski definition) is 1. The first kappa shape index (κ1) is 17.1. The molecule has 1 N–H and O–H groups in total. The highest BCUT2D eigenvalue weighted by atomic mass is 16.6. The highest BCUT2D eigenvalue weighted by Gasteiger charge is 2.31. The number of likely N-dealkylation sites (tertiary alicyclic amines) is 1. The van der Waals surface area contributed by atoms with Crippen LogP contribution in [0.2, 0.25) is 0 Å². The molecule has 27 heavy (non-hydrogen) atoms. The summed E-state index contributed by atoms with van der Waals surface area (Å²) in [6.45, 7) is 1.71. The number of nitro benzene ring substituents is 1. The van der Waals surface area contributed by atoms with E-state index in [1.54, 1.807) is 4.90 Å². The highest BCUT2D eigenvalue weighted by molar-refractivity contribution is 5.90. The molecule has 1 unspecified atom stereocenters. The van der Waals surface area contributed by atoms with Crippen LogP contribution >= 0.6 is 0 Å². The van der Waals surface area contributed by atoms with Gasteiger partial charge in [-0.1, -0.05) is 6.07 Å². The Bertz CT molecular complexity index is 868. The van der Waals surface area contributed by atoms with E-state index in [2.05, 4.69) is 5.32 Å². The van der Waals surface area contributed by atoms with Crippen molar-refractivity contribution in [3.05, 3.63) is 58.1 Å². The van der Waals surface area contributed by atoms with Gasteiger partial charge in [-0.15, -0.1) is 0 Å². The molecule has 2 aliphatic rings. The second-order valence-electron chi connectivity index (χ2n) is 6.49. The summed E-state index contributed by atoms with van der Waals surface area (Å²) in [6.07, 6.45) is 1.78. The number of nitrogens with zero attached hydrogens (tertiary/aromatic N) is 2. The van der Waals surface area contributed by atoms with Gasteiger partial charge in [0.1, 0.15) is 13.2 Å². The third-order valence-electron chi connectivity index (χ3n) is 4.79. The molecule has 8 heteroatoms. The minimum Gasteiger partial charge on any atom is -0.486 e. The van der Waals surface area contributed by atoms with Crippen molar-refractivity contribution in [3.63, 3.8) is 0 Å². The van der Waals surface area contributed by atoms with Crippen LogP contribution in [0.1, 0.15) is 24.4 Å². The first-order chi connectivity index (χ1) is 13.1. The number of fused-ring (bicyclic) bond motifs is 1. The normalized spacial score (nSPS) is 18.2. The SMILES string of the molecule is O=C(Nc1ccc([N+](=O)[O-])cc1)N1CCCC1c1ccc2c(c1)OCCO2. The Morgan fingerprint density at radius 1 is 1.11 bits per heavy atom. The molecule has 1 saturated heterocycles. The Kier molecular flexibility index (Phi) is 4.53. The van der Waals surface area contributed by atoms with Crippen molar-refractivity contribution in [2.75, 3.05) is 25.1 Å². The fourth-order valence-corrected chi connectivity index (χ4v) is 3.49. The van der Waals surface area contributed by atoms with Crippen molar-refractivity contribution in [3.8, 4) is 11.5 Å². The average Bonchev–Trinajstić information content (AvgIpc) is 3.18. The van der Waals surface area contributed by atoms with E-state index in [0.717, 1.165) is 24.2 Å². The number of non-ortho nitro benzene ring substituents is 1. The number of anilines is 1. The van der Waals surface area contributed by atoms with Gasteiger partial charge < -0.3 is 19.7 Å². The summed E-state index contributed by atoms with van der Waals surface area (Å²) in [5.74, 6) is 1.44. The second kappa shape index (κ2) is 7.14. The molecule has 0 radical (unpaired) electrons. The number of benzene rings is 2. The van der Waals surface area contributed by atoms with Crippen molar-refractivity contribution in [1.82, 2.24) is 4.90 Å². The quantitative estimate of drug-likeness (QED) is 0.657. The molecule has 2 amide bonds. The molecule has 0 bridgehead atoms. The zero-order chi connectivity index (χ0) is 18.8. The van der Waals surface area contributed by atoms with E-state index in [1.807, 2.05) is 18.2 Å². The lowest BCUT2D eigenvalue weighted by atomic mass is 10.0. The molecule has 4 rings (SSSR count). The summed E-state index contributed by atoms with van der Waals surface area (Å²) < 4.78 is 11.2. The Morgan fingerprint density at radius 2 is 1.85 bits per heavy atom. The Labute approximate surface area is 155 Å². The number of carbonyl (C=O) groups is 1. The molecule has 2 heterocycles. The summed E-state index contributed by atoms with van der Waals surface area (Å²) in [4.78, 5) is 24.8. The first-order valence-corrected chi connectivity index (χ1v) is 8.83. The Morgan fingerprint density at radius 3 is 2.59 bits per heavy atom. The molecule has 0 spiro atoms. The van der Waals surface area contributed by atoms with Crippen LogP contribution in [0.4, 0.5) is 16.2 Å². The van der Waals surface area contributed by atoms with E-state index < -0.39 is 4.92 Å². The van der Waals surface area contributed by atoms with E-state index in [4.69, 9.17) is 9.47 Å². The number of ether oxygens (including phenoxy) is 2. The predicted octanol–water partition coefficient (Wildman–Crippen LogP) is 3.74. The second-order valence-corrected chi connectivity index (χ2v) is 6.49. The molecular formula is C19H19N3O5. The van der Waals surface area contributed by atoms with Crippen LogP contribution in [0.3, 0.4) is 0 Å². The van der Waals surface area contributed by atoms with Crippen molar-refractivity contribution >= 4 is 17.4 Å². The van der Waals surface area contributed by atoms with Crippen molar-refractivity contribution < 1.29 is 19.2 Å². The van der Waals surface area contributed by atoms with Gasteiger partial charge in [-0.3, -0.25) is 10.1 Å². The fourth-order valence-electron chi connectivity index (χ4n) is 3.49. The monoisotopic (exact) mass is 369 g/mol. The Balaban J connectivity index is 1.49. The molecule has 2 aromatic carbocycles. The van der Waals surface area contributed by atoms with E-state index in [9.17, 15) is 14.9 Å². The van der Waals surface area contributed by atoms with E-state index in [1.165, 1.54) is 24.3 Å². The van der Waals surface area contributed by atoms with Crippen LogP contribution in [-0.2, 0) is 0 Å². The van der Waals surface area contributed by atoms with Crippen LogP contribution in [0.25, 0.3) is 0 Å². The largest absolute Gasteiger partial charge is 0.486 e. The minimum absolute atomic E-state index is 0.0108. The molecule has 140 valence electrons. The lowest BCUT2D eigenvalue weighted by Crippen LogP contribution is -2.34. The fraction of sp³-hybridized carbons (Fsp3) is 0.316. The zero-order valence-corrected chi connectivity index (χ0v) is 14.6. The van der Waals surface area contributed by atoms with Gasteiger partial charge in [-0.25, -0.2) is 4.79 Å². The summed E-state index contributed by atoms with van der Waals surface area (Å²) in [7, 11) is 0. The number of urea groups is 1. The van der Waals surface area contributed by atoms with Crippen LogP contribution in [0.15, 0.2) is 42.5 Å². The first-order valence-electron chi connectivity index (χ1n) is 8.83. The summed E-state index contributed by atoms with van der Waals surface area (Å²) in [5, 5.41) is 13.6. The molecule has 0 aliphatic carbocycles. The summed E-state index contributed by atoms with van der Waals surface area (Å²) in [6, 6.07) is 11.3. The molecule has 0 saturated carbocycles. The molecular weight excluding hydrogens is 350 g/mol. The molecule has 2 aromatic rings. The highest BCUT2D eigenvalue weighted by Crippen LogP contribution is 2.38. The number of hydrogen-bond acceptors (Lipinski definition) is 5. The van der Waals surface area contributed by atoms with E-state index in [0.29, 0.717) is 31.2 Å². The number of carbonyl (C=O) groups excluding carboxylic acids is 1. The smallest absolute Gasteiger partial charge is 0.322 e. The van der Waals surface area contributed by atoms with Gasteiger partial charge in [0.25, 0.3) is 5.69 Å². The third-order valence-corrected chi connectivity index (χ3v) is 4.79. The van der Waals surface area contributed by atoms with Crippen LogP contribution in [-0.4, -0.2) is 35.6 Å². The van der Waals surface area contributed by atoms with Gasteiger partial charge in [0, 0.05) is 24.4 Å². The van der Waals surface area contributed by atoms with E-state index >= 15 is 0 Å². The van der Waals surface area contributed by atoms with Gasteiger partial charge in [-0.2, -0.15) is 0 Å². The predicted molar refractivity (Wildman–Crippen MR) is 98.2 cm³/mol. The number of nitrogens with one attached hydrogen (secondary N) is 1. The maximum atomic E-state index is 12.7. The van der Waals surface area contributed by atoms with Crippen LogP contribution in [0.5, 0.6) is 11.5 Å². The van der Waals surface area contributed by atoms with Crippen molar-refractivity contribution in [2.45, 2.75) is 18.9 Å². The summed E-state index contributed by atoms with van der Waals surface area (Å²) >= 11 is 0.